The fourth-order valence-corrected chi connectivity index (χ4v) is 3.53. The largest absolute Gasteiger partial charge is 0.321 e. The molecule has 7 nitrogen and oxygen atoms in total. The molecule has 8 heteroatoms. The van der Waals surface area contributed by atoms with Crippen molar-refractivity contribution in [2.75, 3.05) is 11.6 Å². The number of nitrogens with one attached hydrogen (secondary N) is 1. The van der Waals surface area contributed by atoms with E-state index in [1.54, 1.807) is 0 Å². The smallest absolute Gasteiger partial charge is 0.288 e. The van der Waals surface area contributed by atoms with Crippen LogP contribution in [0.2, 0.25) is 0 Å². The van der Waals surface area contributed by atoms with Gasteiger partial charge < -0.3 is 5.32 Å². The minimum absolute atomic E-state index is 0.0251. The molecule has 1 amide bonds. The zero-order valence-electron chi connectivity index (χ0n) is 14.8. The van der Waals surface area contributed by atoms with Crippen molar-refractivity contribution in [2.45, 2.75) is 31.6 Å². The van der Waals surface area contributed by atoms with E-state index < -0.39 is 31.3 Å². The van der Waals surface area contributed by atoms with E-state index in [1.807, 2.05) is 32.0 Å². The lowest BCUT2D eigenvalue weighted by Gasteiger charge is -2.14. The molecule has 0 radical (unpaired) electrons. The van der Waals surface area contributed by atoms with Crippen molar-refractivity contribution >= 4 is 27.1 Å². The van der Waals surface area contributed by atoms with Gasteiger partial charge in [0.1, 0.15) is 4.90 Å². The zero-order valence-corrected chi connectivity index (χ0v) is 15.6. The Morgan fingerprint density at radius 3 is 2.15 bits per heavy atom. The average molecular weight is 376 g/mol. The highest BCUT2D eigenvalue weighted by molar-refractivity contribution is 7.90. The first-order valence-electron chi connectivity index (χ1n) is 8.09. The summed E-state index contributed by atoms with van der Waals surface area (Å²) in [6.45, 7) is 3.94. The Labute approximate surface area is 152 Å². The van der Waals surface area contributed by atoms with Crippen LogP contribution in [-0.2, 0) is 22.7 Å². The second kappa shape index (κ2) is 7.65. The molecule has 0 saturated carbocycles. The third kappa shape index (κ3) is 4.08. The molecule has 0 spiro atoms. The Kier molecular flexibility index (Phi) is 5.76. The van der Waals surface area contributed by atoms with Gasteiger partial charge in [0.25, 0.3) is 11.6 Å². The van der Waals surface area contributed by atoms with Gasteiger partial charge in [-0.1, -0.05) is 32.0 Å². The van der Waals surface area contributed by atoms with E-state index in [-0.39, 0.29) is 5.56 Å². The summed E-state index contributed by atoms with van der Waals surface area (Å²) in [5.41, 5.74) is 2.02. The Morgan fingerprint density at radius 2 is 1.69 bits per heavy atom. The average Bonchev–Trinajstić information content (AvgIpc) is 2.60. The molecule has 0 atom stereocenters. The van der Waals surface area contributed by atoms with Crippen molar-refractivity contribution in [3.8, 4) is 0 Å². The normalized spacial score (nSPS) is 11.2. The van der Waals surface area contributed by atoms with Crippen LogP contribution in [-0.4, -0.2) is 25.5 Å². The fourth-order valence-electron chi connectivity index (χ4n) is 2.70. The van der Waals surface area contributed by atoms with Crippen LogP contribution in [0.1, 0.15) is 35.3 Å². The zero-order chi connectivity index (χ0) is 19.5. The molecule has 0 aliphatic carbocycles. The second-order valence-electron chi connectivity index (χ2n) is 5.82. The molecule has 0 bridgehead atoms. The number of hydrogen-bond donors (Lipinski definition) is 1. The van der Waals surface area contributed by atoms with Gasteiger partial charge in [-0.25, -0.2) is 8.42 Å². The van der Waals surface area contributed by atoms with Gasteiger partial charge in [0.05, 0.1) is 4.92 Å². The lowest BCUT2D eigenvalue weighted by Crippen LogP contribution is -2.15. The van der Waals surface area contributed by atoms with Crippen LogP contribution in [0.15, 0.2) is 41.3 Å². The number of carbonyl (C=O) groups is 1. The summed E-state index contributed by atoms with van der Waals surface area (Å²) in [5, 5.41) is 14.0. The Hall–Kier alpha value is -2.74. The molecule has 2 aromatic carbocycles. The van der Waals surface area contributed by atoms with Crippen molar-refractivity contribution < 1.29 is 18.1 Å². The van der Waals surface area contributed by atoms with E-state index in [0.717, 1.165) is 42.4 Å². The molecule has 0 fully saturated rings. The van der Waals surface area contributed by atoms with Crippen LogP contribution in [0.25, 0.3) is 0 Å². The standard InChI is InChI=1S/C18H20N2O5S/c1-4-12-7-6-8-13(5-2)17(12)19-18(21)14-9-10-16(26(3,24)25)15(11-14)20(22)23/h6-11H,4-5H2,1-3H3,(H,19,21). The number of nitro benzene ring substituents is 1. The Balaban J connectivity index is 2.46. The molecule has 0 aromatic heterocycles. The summed E-state index contributed by atoms with van der Waals surface area (Å²) in [5.74, 6) is -0.524. The minimum Gasteiger partial charge on any atom is -0.321 e. The third-order valence-electron chi connectivity index (χ3n) is 4.05. The number of rotatable bonds is 6. The lowest BCUT2D eigenvalue weighted by atomic mass is 10.0. The number of amides is 1. The number of benzene rings is 2. The van der Waals surface area contributed by atoms with Gasteiger partial charge in [-0.15, -0.1) is 0 Å². The summed E-state index contributed by atoms with van der Waals surface area (Å²) < 4.78 is 23.4. The molecule has 0 heterocycles. The van der Waals surface area contributed by atoms with Gasteiger partial charge >= 0.3 is 0 Å². The molecular weight excluding hydrogens is 356 g/mol. The first-order chi connectivity index (χ1) is 12.2. The summed E-state index contributed by atoms with van der Waals surface area (Å²) in [4.78, 5) is 22.6. The molecule has 138 valence electrons. The van der Waals surface area contributed by atoms with E-state index in [1.165, 1.54) is 6.07 Å². The molecule has 0 unspecified atom stereocenters. The number of para-hydroxylation sites is 1. The number of sulfone groups is 1. The fraction of sp³-hybridized carbons (Fsp3) is 0.278. The van der Waals surface area contributed by atoms with Crippen LogP contribution in [0.5, 0.6) is 0 Å². The van der Waals surface area contributed by atoms with E-state index in [0.29, 0.717) is 5.69 Å². The van der Waals surface area contributed by atoms with E-state index in [4.69, 9.17) is 0 Å². The van der Waals surface area contributed by atoms with Crippen molar-refractivity contribution in [2.24, 2.45) is 0 Å². The predicted molar refractivity (Wildman–Crippen MR) is 99.4 cm³/mol. The number of nitrogens with zero attached hydrogens (tertiary/aromatic N) is 1. The highest BCUT2D eigenvalue weighted by Crippen LogP contribution is 2.27. The minimum atomic E-state index is -3.77. The molecule has 26 heavy (non-hydrogen) atoms. The van der Waals surface area contributed by atoms with Crippen LogP contribution < -0.4 is 5.32 Å². The topological polar surface area (TPSA) is 106 Å². The summed E-state index contributed by atoms with van der Waals surface area (Å²) >= 11 is 0. The van der Waals surface area contributed by atoms with Crippen molar-refractivity contribution in [3.63, 3.8) is 0 Å². The van der Waals surface area contributed by atoms with Crippen molar-refractivity contribution in [1.82, 2.24) is 0 Å². The number of carbonyl (C=O) groups excluding carboxylic acids is 1. The molecule has 0 saturated heterocycles. The Bertz CT molecular complexity index is 945. The maximum Gasteiger partial charge on any atom is 0.288 e. The number of hydrogen-bond acceptors (Lipinski definition) is 5. The molecule has 0 aliphatic heterocycles. The number of nitro groups is 1. The van der Waals surface area contributed by atoms with Gasteiger partial charge in [-0.3, -0.25) is 14.9 Å². The summed E-state index contributed by atoms with van der Waals surface area (Å²) in [6, 6.07) is 9.09. The van der Waals surface area contributed by atoms with Gasteiger partial charge in [0, 0.05) is 23.6 Å². The summed E-state index contributed by atoms with van der Waals surface area (Å²) in [7, 11) is -3.77. The van der Waals surface area contributed by atoms with Crippen molar-refractivity contribution in [3.05, 3.63) is 63.2 Å². The molecule has 1 N–H and O–H groups in total. The van der Waals surface area contributed by atoms with Crippen molar-refractivity contribution in [1.29, 1.82) is 0 Å². The van der Waals surface area contributed by atoms with Gasteiger partial charge in [-0.2, -0.15) is 0 Å². The van der Waals surface area contributed by atoms with Crippen LogP contribution >= 0.6 is 0 Å². The van der Waals surface area contributed by atoms with Gasteiger partial charge in [0.15, 0.2) is 9.84 Å². The first-order valence-corrected chi connectivity index (χ1v) is 9.98. The number of aryl methyl sites for hydroxylation is 2. The Morgan fingerprint density at radius 1 is 1.12 bits per heavy atom. The monoisotopic (exact) mass is 376 g/mol. The lowest BCUT2D eigenvalue weighted by molar-refractivity contribution is -0.387. The third-order valence-corrected chi connectivity index (χ3v) is 5.20. The van der Waals surface area contributed by atoms with E-state index >= 15 is 0 Å². The molecule has 2 aromatic rings. The van der Waals surface area contributed by atoms with E-state index in [9.17, 15) is 23.3 Å². The number of anilines is 1. The van der Waals surface area contributed by atoms with Gasteiger partial charge in [-0.05, 0) is 36.1 Å². The maximum atomic E-state index is 12.6. The molecule has 0 aliphatic rings. The SMILES string of the molecule is CCc1cccc(CC)c1NC(=O)c1ccc(S(C)(=O)=O)c([N+](=O)[O-])c1. The van der Waals surface area contributed by atoms with E-state index in [2.05, 4.69) is 5.32 Å². The summed E-state index contributed by atoms with van der Waals surface area (Å²) in [6.07, 6.45) is 2.33. The highest BCUT2D eigenvalue weighted by atomic mass is 32.2. The predicted octanol–water partition coefficient (Wildman–Crippen LogP) is 3.38. The molecular formula is C18H20N2O5S. The highest BCUT2D eigenvalue weighted by Gasteiger charge is 2.24. The second-order valence-corrected chi connectivity index (χ2v) is 7.81. The van der Waals surface area contributed by atoms with Crippen LogP contribution in [0.4, 0.5) is 11.4 Å². The van der Waals surface area contributed by atoms with Crippen LogP contribution in [0.3, 0.4) is 0 Å². The van der Waals surface area contributed by atoms with Gasteiger partial charge in [0.2, 0.25) is 0 Å². The molecule has 2 rings (SSSR count). The van der Waals surface area contributed by atoms with Crippen LogP contribution in [0, 0.1) is 10.1 Å². The quantitative estimate of drug-likeness (QED) is 0.614. The maximum absolute atomic E-state index is 12.6. The first kappa shape index (κ1) is 19.6.